The molecule has 1 aliphatic heterocycles. The molecule has 2 rings (SSSR count). The second-order valence-corrected chi connectivity index (χ2v) is 5.11. The number of carboxylic acids is 1. The second-order valence-electron chi connectivity index (χ2n) is 5.11. The Morgan fingerprint density at radius 3 is 3.21 bits per heavy atom. The molecule has 1 aromatic rings. The van der Waals surface area contributed by atoms with Gasteiger partial charge in [-0.05, 0) is 44.5 Å². The molecule has 5 nitrogen and oxygen atoms in total. The number of rotatable bonds is 7. The zero-order chi connectivity index (χ0) is 13.5. The number of likely N-dealkylation sites (tertiary alicyclic amines) is 1. The van der Waals surface area contributed by atoms with E-state index in [0.717, 1.165) is 31.9 Å². The van der Waals surface area contributed by atoms with Crippen molar-refractivity contribution in [3.05, 3.63) is 24.2 Å². The predicted octanol–water partition coefficient (Wildman–Crippen LogP) is 1.70. The molecule has 0 aromatic carbocycles. The van der Waals surface area contributed by atoms with Crippen LogP contribution in [0.4, 0.5) is 0 Å². The number of piperidine rings is 1. The minimum Gasteiger partial charge on any atom is -0.481 e. The normalized spacial score (nSPS) is 20.5. The van der Waals surface area contributed by atoms with Crippen LogP contribution in [0, 0.1) is 0 Å². The summed E-state index contributed by atoms with van der Waals surface area (Å²) in [5.74, 6) is 0.288. The lowest BCUT2D eigenvalue weighted by Crippen LogP contribution is -2.45. The number of carboxylic acid groups (broad SMARTS) is 1. The molecular weight excluding hydrogens is 244 g/mol. The van der Waals surface area contributed by atoms with Crippen molar-refractivity contribution in [1.82, 2.24) is 10.2 Å². The highest BCUT2D eigenvalue weighted by Gasteiger charge is 2.19. The molecule has 0 aliphatic carbocycles. The molecule has 1 aromatic heterocycles. The maximum Gasteiger partial charge on any atom is 0.303 e. The van der Waals surface area contributed by atoms with Crippen LogP contribution in [0.2, 0.25) is 0 Å². The Morgan fingerprint density at radius 2 is 2.47 bits per heavy atom. The van der Waals surface area contributed by atoms with E-state index in [1.54, 1.807) is 6.26 Å². The van der Waals surface area contributed by atoms with Crippen LogP contribution in [0.25, 0.3) is 0 Å². The molecule has 5 heteroatoms. The predicted molar refractivity (Wildman–Crippen MR) is 71.9 cm³/mol. The Bertz CT molecular complexity index is 378. The summed E-state index contributed by atoms with van der Waals surface area (Å²) in [6.07, 6.45) is 5.00. The van der Waals surface area contributed by atoms with Gasteiger partial charge in [-0.1, -0.05) is 0 Å². The first kappa shape index (κ1) is 14.1. The Kier molecular flexibility index (Phi) is 5.42. The third kappa shape index (κ3) is 5.04. The standard InChI is InChI=1S/C14H22N2O3/c17-14(18)6-1-7-15-12-4-2-8-16(10-12)11-13-5-3-9-19-13/h3,5,9,12,15H,1-2,4,6-8,10-11H2,(H,17,18). The van der Waals surface area contributed by atoms with E-state index in [-0.39, 0.29) is 6.42 Å². The van der Waals surface area contributed by atoms with Crippen molar-refractivity contribution in [2.24, 2.45) is 0 Å². The van der Waals surface area contributed by atoms with Crippen molar-refractivity contribution in [2.45, 2.75) is 38.3 Å². The largest absolute Gasteiger partial charge is 0.481 e. The van der Waals surface area contributed by atoms with E-state index < -0.39 is 5.97 Å². The molecule has 2 N–H and O–H groups in total. The van der Waals surface area contributed by atoms with Crippen molar-refractivity contribution in [1.29, 1.82) is 0 Å². The third-order valence-electron chi connectivity index (χ3n) is 3.47. The van der Waals surface area contributed by atoms with Crippen LogP contribution in [0.15, 0.2) is 22.8 Å². The smallest absolute Gasteiger partial charge is 0.303 e. The summed E-state index contributed by atoms with van der Waals surface area (Å²) in [7, 11) is 0. The molecule has 1 atom stereocenters. The second kappa shape index (κ2) is 7.31. The fraction of sp³-hybridized carbons (Fsp3) is 0.643. The number of furan rings is 1. The summed E-state index contributed by atoms with van der Waals surface area (Å²) in [4.78, 5) is 12.8. The van der Waals surface area contributed by atoms with E-state index in [0.29, 0.717) is 12.5 Å². The maximum absolute atomic E-state index is 10.4. The minimum absolute atomic E-state index is 0.246. The van der Waals surface area contributed by atoms with E-state index in [9.17, 15) is 4.79 Å². The zero-order valence-electron chi connectivity index (χ0n) is 11.2. The highest BCUT2D eigenvalue weighted by molar-refractivity contribution is 5.66. The van der Waals surface area contributed by atoms with Crippen LogP contribution >= 0.6 is 0 Å². The number of hydrogen-bond acceptors (Lipinski definition) is 4. The molecule has 106 valence electrons. The van der Waals surface area contributed by atoms with Crippen molar-refractivity contribution in [2.75, 3.05) is 19.6 Å². The van der Waals surface area contributed by atoms with Gasteiger partial charge in [-0.15, -0.1) is 0 Å². The summed E-state index contributed by atoms with van der Waals surface area (Å²) in [5.41, 5.74) is 0. The molecule has 1 aliphatic rings. The number of nitrogens with zero attached hydrogens (tertiary/aromatic N) is 1. The van der Waals surface area contributed by atoms with Gasteiger partial charge >= 0.3 is 5.97 Å². The molecule has 0 amide bonds. The van der Waals surface area contributed by atoms with Gasteiger partial charge in [0.2, 0.25) is 0 Å². The van der Waals surface area contributed by atoms with Gasteiger partial charge in [0, 0.05) is 19.0 Å². The van der Waals surface area contributed by atoms with Crippen molar-refractivity contribution in [3.8, 4) is 0 Å². The summed E-state index contributed by atoms with van der Waals surface area (Å²) in [5, 5.41) is 12.0. The molecular formula is C14H22N2O3. The van der Waals surface area contributed by atoms with E-state index >= 15 is 0 Å². The minimum atomic E-state index is -0.718. The molecule has 0 radical (unpaired) electrons. The average Bonchev–Trinajstić information content (AvgIpc) is 2.88. The van der Waals surface area contributed by atoms with E-state index in [1.165, 1.54) is 12.8 Å². The van der Waals surface area contributed by atoms with Gasteiger partial charge in [-0.2, -0.15) is 0 Å². The fourth-order valence-electron chi connectivity index (χ4n) is 2.53. The lowest BCUT2D eigenvalue weighted by molar-refractivity contribution is -0.137. The Morgan fingerprint density at radius 1 is 1.58 bits per heavy atom. The van der Waals surface area contributed by atoms with Crippen LogP contribution in [0.5, 0.6) is 0 Å². The van der Waals surface area contributed by atoms with Gasteiger partial charge in [0.15, 0.2) is 0 Å². The Labute approximate surface area is 113 Å². The topological polar surface area (TPSA) is 65.7 Å². The van der Waals surface area contributed by atoms with Crippen molar-refractivity contribution >= 4 is 5.97 Å². The lowest BCUT2D eigenvalue weighted by Gasteiger charge is -2.32. The SMILES string of the molecule is O=C(O)CCCNC1CCCN(Cc2ccco2)C1. The average molecular weight is 266 g/mol. The first-order valence-electron chi connectivity index (χ1n) is 6.94. The van der Waals surface area contributed by atoms with Gasteiger partial charge in [-0.25, -0.2) is 0 Å². The van der Waals surface area contributed by atoms with Crippen LogP contribution in [0.1, 0.15) is 31.4 Å². The highest BCUT2D eigenvalue weighted by Crippen LogP contribution is 2.14. The molecule has 1 unspecified atom stereocenters. The molecule has 1 saturated heterocycles. The Hall–Kier alpha value is -1.33. The maximum atomic E-state index is 10.4. The first-order chi connectivity index (χ1) is 9.24. The molecule has 2 heterocycles. The number of hydrogen-bond donors (Lipinski definition) is 2. The van der Waals surface area contributed by atoms with Gasteiger partial charge in [0.25, 0.3) is 0 Å². The first-order valence-corrected chi connectivity index (χ1v) is 6.94. The van der Waals surface area contributed by atoms with Crippen LogP contribution in [0.3, 0.4) is 0 Å². The fourth-order valence-corrected chi connectivity index (χ4v) is 2.53. The van der Waals surface area contributed by atoms with Gasteiger partial charge < -0.3 is 14.8 Å². The van der Waals surface area contributed by atoms with Crippen molar-refractivity contribution < 1.29 is 14.3 Å². The third-order valence-corrected chi connectivity index (χ3v) is 3.47. The lowest BCUT2D eigenvalue weighted by atomic mass is 10.1. The summed E-state index contributed by atoms with van der Waals surface area (Å²) in [6, 6.07) is 4.39. The van der Waals surface area contributed by atoms with Gasteiger partial charge in [0.05, 0.1) is 12.8 Å². The van der Waals surface area contributed by atoms with E-state index in [2.05, 4.69) is 10.2 Å². The van der Waals surface area contributed by atoms with Crippen LogP contribution < -0.4 is 5.32 Å². The Balaban J connectivity index is 1.67. The number of aliphatic carboxylic acids is 1. The van der Waals surface area contributed by atoms with Crippen LogP contribution in [-0.4, -0.2) is 41.7 Å². The molecule has 19 heavy (non-hydrogen) atoms. The van der Waals surface area contributed by atoms with Gasteiger partial charge in [-0.3, -0.25) is 9.69 Å². The zero-order valence-corrected chi connectivity index (χ0v) is 11.2. The monoisotopic (exact) mass is 266 g/mol. The summed E-state index contributed by atoms with van der Waals surface area (Å²) < 4.78 is 5.37. The summed E-state index contributed by atoms with van der Waals surface area (Å²) in [6.45, 7) is 3.76. The quantitative estimate of drug-likeness (QED) is 0.735. The van der Waals surface area contributed by atoms with E-state index in [4.69, 9.17) is 9.52 Å². The molecule has 0 spiro atoms. The molecule has 0 bridgehead atoms. The highest BCUT2D eigenvalue weighted by atomic mass is 16.4. The van der Waals surface area contributed by atoms with Gasteiger partial charge in [0.1, 0.15) is 5.76 Å². The van der Waals surface area contributed by atoms with Crippen LogP contribution in [-0.2, 0) is 11.3 Å². The number of nitrogens with one attached hydrogen (secondary N) is 1. The number of carbonyl (C=O) groups is 1. The van der Waals surface area contributed by atoms with Crippen molar-refractivity contribution in [3.63, 3.8) is 0 Å². The summed E-state index contributed by atoms with van der Waals surface area (Å²) >= 11 is 0. The molecule has 1 fully saturated rings. The van der Waals surface area contributed by atoms with E-state index in [1.807, 2.05) is 12.1 Å². The molecule has 0 saturated carbocycles.